The molecule has 15 heavy (non-hydrogen) atoms. The van der Waals surface area contributed by atoms with Gasteiger partial charge in [0.25, 0.3) is 0 Å². The van der Waals surface area contributed by atoms with Gasteiger partial charge in [-0.3, -0.25) is 0 Å². The molecular weight excluding hydrogens is 186 g/mol. The van der Waals surface area contributed by atoms with Crippen LogP contribution >= 0.6 is 0 Å². The summed E-state index contributed by atoms with van der Waals surface area (Å²) >= 11 is 0. The number of hydrogen-bond donors (Lipinski definition) is 2. The maximum Gasteiger partial charge on any atom is 0.0662 e. The predicted octanol–water partition coefficient (Wildman–Crippen LogP) is 2.71. The van der Waals surface area contributed by atoms with E-state index in [0.717, 1.165) is 18.9 Å². The molecule has 0 aliphatic heterocycles. The molecule has 2 heteroatoms. The van der Waals surface area contributed by atoms with Crippen molar-refractivity contribution in [3.05, 3.63) is 0 Å². The average Bonchev–Trinajstić information content (AvgIpc) is 2.53. The van der Waals surface area contributed by atoms with Crippen molar-refractivity contribution in [1.29, 1.82) is 0 Å². The Kier molecular flexibility index (Phi) is 6.26. The summed E-state index contributed by atoms with van der Waals surface area (Å²) in [5.41, 5.74) is 0. The van der Waals surface area contributed by atoms with Gasteiger partial charge in [0, 0.05) is 12.6 Å². The van der Waals surface area contributed by atoms with Gasteiger partial charge in [0.15, 0.2) is 0 Å². The van der Waals surface area contributed by atoms with Crippen molar-refractivity contribution in [1.82, 2.24) is 5.32 Å². The van der Waals surface area contributed by atoms with Crippen molar-refractivity contribution in [2.75, 3.05) is 6.54 Å². The highest BCUT2D eigenvalue weighted by Crippen LogP contribution is 2.25. The van der Waals surface area contributed by atoms with Crippen LogP contribution in [0.2, 0.25) is 0 Å². The molecule has 0 aromatic heterocycles. The number of rotatable bonds is 5. The fourth-order valence-corrected chi connectivity index (χ4v) is 2.44. The summed E-state index contributed by atoms with van der Waals surface area (Å²) in [6.07, 6.45) is 9.05. The first-order chi connectivity index (χ1) is 7.24. The summed E-state index contributed by atoms with van der Waals surface area (Å²) in [5, 5.41) is 13.0. The molecule has 1 aliphatic carbocycles. The Hall–Kier alpha value is -0.0800. The molecule has 0 radical (unpaired) electrons. The summed E-state index contributed by atoms with van der Waals surface area (Å²) in [5.74, 6) is 0.830. The second kappa shape index (κ2) is 7.24. The maximum atomic E-state index is 9.50. The highest BCUT2D eigenvalue weighted by Gasteiger charge is 2.18. The molecule has 1 saturated carbocycles. The van der Waals surface area contributed by atoms with E-state index in [1.807, 2.05) is 6.92 Å². The zero-order valence-electron chi connectivity index (χ0n) is 10.3. The van der Waals surface area contributed by atoms with Crippen LogP contribution in [0, 0.1) is 5.92 Å². The fraction of sp³-hybridized carbons (Fsp3) is 1.00. The van der Waals surface area contributed by atoms with Gasteiger partial charge >= 0.3 is 0 Å². The quantitative estimate of drug-likeness (QED) is 0.688. The lowest BCUT2D eigenvalue weighted by Crippen LogP contribution is -2.38. The van der Waals surface area contributed by atoms with Crippen LogP contribution in [0.5, 0.6) is 0 Å². The normalized spacial score (nSPS) is 23.4. The second-order valence-electron chi connectivity index (χ2n) is 5.01. The molecule has 0 heterocycles. The lowest BCUT2D eigenvalue weighted by Gasteiger charge is -2.24. The van der Waals surface area contributed by atoms with Gasteiger partial charge in [-0.15, -0.1) is 0 Å². The lowest BCUT2D eigenvalue weighted by atomic mass is 9.93. The van der Waals surface area contributed by atoms with E-state index in [-0.39, 0.29) is 6.10 Å². The highest BCUT2D eigenvalue weighted by molar-refractivity contribution is 4.75. The first-order valence-corrected chi connectivity index (χ1v) is 6.65. The monoisotopic (exact) mass is 213 g/mol. The van der Waals surface area contributed by atoms with Gasteiger partial charge in [0.1, 0.15) is 0 Å². The summed E-state index contributed by atoms with van der Waals surface area (Å²) in [6.45, 7) is 5.06. The van der Waals surface area contributed by atoms with Crippen LogP contribution in [0.4, 0.5) is 0 Å². The van der Waals surface area contributed by atoms with Gasteiger partial charge in [0.2, 0.25) is 0 Å². The molecule has 0 spiro atoms. The zero-order chi connectivity index (χ0) is 11.1. The van der Waals surface area contributed by atoms with Crippen LogP contribution in [0.3, 0.4) is 0 Å². The SMILES string of the molecule is CCC(O)CN[C@@H](C)C1CCCCCC1. The summed E-state index contributed by atoms with van der Waals surface area (Å²) in [6, 6.07) is 0.573. The molecule has 2 atom stereocenters. The van der Waals surface area contributed by atoms with Crippen LogP contribution < -0.4 is 5.32 Å². The minimum absolute atomic E-state index is 0.168. The first-order valence-electron chi connectivity index (χ1n) is 6.65. The van der Waals surface area contributed by atoms with Crippen molar-refractivity contribution < 1.29 is 5.11 Å². The van der Waals surface area contributed by atoms with Crippen LogP contribution in [-0.4, -0.2) is 23.8 Å². The van der Waals surface area contributed by atoms with Gasteiger partial charge < -0.3 is 10.4 Å². The van der Waals surface area contributed by atoms with Crippen molar-refractivity contribution in [3.63, 3.8) is 0 Å². The number of aliphatic hydroxyl groups is 1. The van der Waals surface area contributed by atoms with E-state index in [2.05, 4.69) is 12.2 Å². The van der Waals surface area contributed by atoms with Crippen LogP contribution in [0.15, 0.2) is 0 Å². The van der Waals surface area contributed by atoms with E-state index in [4.69, 9.17) is 0 Å². The topological polar surface area (TPSA) is 32.3 Å². The Morgan fingerprint density at radius 3 is 2.33 bits per heavy atom. The minimum atomic E-state index is -0.168. The number of aliphatic hydroxyl groups excluding tert-OH is 1. The van der Waals surface area contributed by atoms with Crippen LogP contribution in [0.1, 0.15) is 58.8 Å². The van der Waals surface area contributed by atoms with Gasteiger partial charge in [-0.05, 0) is 32.1 Å². The van der Waals surface area contributed by atoms with E-state index in [9.17, 15) is 5.11 Å². The van der Waals surface area contributed by atoms with Gasteiger partial charge in [-0.2, -0.15) is 0 Å². The second-order valence-corrected chi connectivity index (χ2v) is 5.01. The third kappa shape index (κ3) is 4.98. The molecule has 2 N–H and O–H groups in total. The third-order valence-electron chi connectivity index (χ3n) is 3.75. The van der Waals surface area contributed by atoms with Crippen LogP contribution in [-0.2, 0) is 0 Å². The van der Waals surface area contributed by atoms with Gasteiger partial charge in [-0.1, -0.05) is 32.6 Å². The molecule has 0 bridgehead atoms. The molecular formula is C13H27NO. The predicted molar refractivity (Wildman–Crippen MR) is 65.0 cm³/mol. The molecule has 2 nitrogen and oxygen atoms in total. The largest absolute Gasteiger partial charge is 0.392 e. The third-order valence-corrected chi connectivity index (χ3v) is 3.75. The van der Waals surface area contributed by atoms with Gasteiger partial charge in [0.05, 0.1) is 6.10 Å². The Bertz CT molecular complexity index is 153. The van der Waals surface area contributed by atoms with E-state index >= 15 is 0 Å². The highest BCUT2D eigenvalue weighted by atomic mass is 16.3. The Morgan fingerprint density at radius 2 is 1.80 bits per heavy atom. The Balaban J connectivity index is 2.22. The summed E-state index contributed by atoms with van der Waals surface area (Å²) in [7, 11) is 0. The number of hydrogen-bond acceptors (Lipinski definition) is 2. The summed E-state index contributed by atoms with van der Waals surface area (Å²) < 4.78 is 0. The molecule has 1 unspecified atom stereocenters. The smallest absolute Gasteiger partial charge is 0.0662 e. The molecule has 0 saturated heterocycles. The van der Waals surface area contributed by atoms with Crippen molar-refractivity contribution in [2.45, 2.75) is 70.9 Å². The standard InChI is InChI=1S/C13H27NO/c1-3-13(15)10-14-11(2)12-8-6-4-5-7-9-12/h11-15H,3-10H2,1-2H3/t11-,13?/m0/s1. The first kappa shape index (κ1) is 13.0. The Morgan fingerprint density at radius 1 is 1.20 bits per heavy atom. The average molecular weight is 213 g/mol. The maximum absolute atomic E-state index is 9.50. The van der Waals surface area contributed by atoms with E-state index in [1.165, 1.54) is 38.5 Å². The number of nitrogens with one attached hydrogen (secondary N) is 1. The van der Waals surface area contributed by atoms with Crippen molar-refractivity contribution >= 4 is 0 Å². The molecule has 0 aromatic carbocycles. The molecule has 1 aliphatic rings. The Labute approximate surface area is 94.5 Å². The van der Waals surface area contributed by atoms with E-state index in [1.54, 1.807) is 0 Å². The van der Waals surface area contributed by atoms with Crippen molar-refractivity contribution in [2.24, 2.45) is 5.92 Å². The van der Waals surface area contributed by atoms with Gasteiger partial charge in [-0.25, -0.2) is 0 Å². The molecule has 0 amide bonds. The van der Waals surface area contributed by atoms with E-state index in [0.29, 0.717) is 6.04 Å². The summed E-state index contributed by atoms with van der Waals surface area (Å²) in [4.78, 5) is 0. The molecule has 1 fully saturated rings. The molecule has 1 rings (SSSR count). The molecule has 90 valence electrons. The van der Waals surface area contributed by atoms with Crippen molar-refractivity contribution in [3.8, 4) is 0 Å². The zero-order valence-corrected chi connectivity index (χ0v) is 10.3. The fourth-order valence-electron chi connectivity index (χ4n) is 2.44. The van der Waals surface area contributed by atoms with E-state index < -0.39 is 0 Å². The lowest BCUT2D eigenvalue weighted by molar-refractivity contribution is 0.157. The molecule has 0 aromatic rings. The minimum Gasteiger partial charge on any atom is -0.392 e. The van der Waals surface area contributed by atoms with Crippen LogP contribution in [0.25, 0.3) is 0 Å².